The number of benzene rings is 2. The van der Waals surface area contributed by atoms with Crippen molar-refractivity contribution in [3.8, 4) is 11.5 Å². The Kier molecular flexibility index (Phi) is 2.09. The van der Waals surface area contributed by atoms with Gasteiger partial charge in [-0.2, -0.15) is 0 Å². The molecule has 4 nitrogen and oxygen atoms in total. The Hall–Kier alpha value is -2.88. The summed E-state index contributed by atoms with van der Waals surface area (Å²) in [6.45, 7) is 0. The summed E-state index contributed by atoms with van der Waals surface area (Å²) < 4.78 is 10.4. The number of rotatable bonds is 0. The van der Waals surface area contributed by atoms with Gasteiger partial charge in [0, 0.05) is 11.1 Å². The molecule has 0 amide bonds. The topological polar surface area (TPSA) is 52.6 Å². The Morgan fingerprint density at radius 2 is 1.00 bits per heavy atom. The van der Waals surface area contributed by atoms with E-state index in [9.17, 15) is 9.59 Å². The zero-order chi connectivity index (χ0) is 13.7. The monoisotopic (exact) mass is 264 g/mol. The summed E-state index contributed by atoms with van der Waals surface area (Å²) in [6.07, 6.45) is 0. The molecule has 4 rings (SSSR count). The minimum absolute atomic E-state index is 0.274. The molecule has 0 spiro atoms. The van der Waals surface area contributed by atoms with Crippen molar-refractivity contribution in [2.24, 2.45) is 0 Å². The lowest BCUT2D eigenvalue weighted by Crippen LogP contribution is -2.08. The van der Waals surface area contributed by atoms with Gasteiger partial charge in [-0.15, -0.1) is 0 Å². The molecule has 4 heteroatoms. The standard InChI is InChI=1S/C16H8O4/c17-15-13(9-5-1-3-7-11(9)19-15)14-10-6-2-4-8-12(10)20-16(14)18/h1-8H. The maximum atomic E-state index is 12.1. The molecule has 0 unspecified atom stereocenters. The number of hydrogen-bond acceptors (Lipinski definition) is 4. The molecule has 0 saturated heterocycles. The van der Waals surface area contributed by atoms with Crippen molar-refractivity contribution in [2.75, 3.05) is 0 Å². The van der Waals surface area contributed by atoms with Gasteiger partial charge < -0.3 is 9.47 Å². The van der Waals surface area contributed by atoms with E-state index in [0.29, 0.717) is 22.6 Å². The molecule has 2 heterocycles. The van der Waals surface area contributed by atoms with Crippen molar-refractivity contribution in [2.45, 2.75) is 0 Å². The molecule has 0 fully saturated rings. The molecule has 0 saturated carbocycles. The van der Waals surface area contributed by atoms with Gasteiger partial charge >= 0.3 is 11.9 Å². The minimum atomic E-state index is -0.519. The Bertz CT molecular complexity index is 734. The maximum Gasteiger partial charge on any atom is 0.345 e. The van der Waals surface area contributed by atoms with Crippen LogP contribution in [0.15, 0.2) is 48.5 Å². The van der Waals surface area contributed by atoms with Crippen molar-refractivity contribution < 1.29 is 19.1 Å². The Morgan fingerprint density at radius 3 is 1.45 bits per heavy atom. The van der Waals surface area contributed by atoms with Gasteiger partial charge in [-0.3, -0.25) is 0 Å². The van der Waals surface area contributed by atoms with Crippen molar-refractivity contribution in [1.82, 2.24) is 0 Å². The van der Waals surface area contributed by atoms with Crippen molar-refractivity contribution >= 4 is 23.1 Å². The molecule has 2 aliphatic rings. The molecule has 0 N–H and O–H groups in total. The molecule has 2 aromatic carbocycles. The molecule has 2 aliphatic heterocycles. The fourth-order valence-corrected chi connectivity index (χ4v) is 2.52. The summed E-state index contributed by atoms with van der Waals surface area (Å²) in [5, 5.41) is 0. The Morgan fingerprint density at radius 1 is 0.600 bits per heavy atom. The summed E-state index contributed by atoms with van der Waals surface area (Å²) >= 11 is 0. The average Bonchev–Trinajstić information content (AvgIpc) is 2.94. The van der Waals surface area contributed by atoms with E-state index < -0.39 is 11.9 Å². The van der Waals surface area contributed by atoms with Gasteiger partial charge in [0.1, 0.15) is 11.5 Å². The van der Waals surface area contributed by atoms with Crippen molar-refractivity contribution in [3.05, 3.63) is 59.7 Å². The average molecular weight is 264 g/mol. The molecule has 2 aromatic rings. The van der Waals surface area contributed by atoms with Crippen LogP contribution < -0.4 is 9.47 Å². The molecule has 0 aromatic heterocycles. The largest absolute Gasteiger partial charge is 0.422 e. The van der Waals surface area contributed by atoms with E-state index in [4.69, 9.17) is 9.47 Å². The van der Waals surface area contributed by atoms with Crippen LogP contribution >= 0.6 is 0 Å². The molecular formula is C16H8O4. The fourth-order valence-electron chi connectivity index (χ4n) is 2.52. The van der Waals surface area contributed by atoms with Crippen LogP contribution in [0.4, 0.5) is 0 Å². The van der Waals surface area contributed by atoms with Gasteiger partial charge in [0.05, 0.1) is 11.1 Å². The van der Waals surface area contributed by atoms with Crippen LogP contribution in [0.3, 0.4) is 0 Å². The molecule has 0 atom stereocenters. The SMILES string of the molecule is O=C1Oc2ccccc2C1=C1C(=O)Oc2ccccc21. The second-order valence-electron chi connectivity index (χ2n) is 4.52. The number of carbonyl (C=O) groups is 2. The highest BCUT2D eigenvalue weighted by molar-refractivity contribution is 6.41. The molecule has 0 bridgehead atoms. The normalized spacial score (nSPS) is 19.4. The minimum Gasteiger partial charge on any atom is -0.422 e. The van der Waals surface area contributed by atoms with Crippen LogP contribution in [0.2, 0.25) is 0 Å². The molecule has 0 radical (unpaired) electrons. The molecule has 20 heavy (non-hydrogen) atoms. The summed E-state index contributed by atoms with van der Waals surface area (Å²) in [5.74, 6) is -0.0981. The fraction of sp³-hybridized carbons (Fsp3) is 0. The van der Waals surface area contributed by atoms with Crippen LogP contribution in [-0.2, 0) is 9.59 Å². The molecule has 0 aliphatic carbocycles. The summed E-state index contributed by atoms with van der Waals surface area (Å²) in [4.78, 5) is 24.2. The maximum absolute atomic E-state index is 12.1. The lowest BCUT2D eigenvalue weighted by molar-refractivity contribution is -0.128. The predicted octanol–water partition coefficient (Wildman–Crippen LogP) is 2.44. The van der Waals surface area contributed by atoms with E-state index in [2.05, 4.69) is 0 Å². The van der Waals surface area contributed by atoms with Gasteiger partial charge in [0.25, 0.3) is 0 Å². The van der Waals surface area contributed by atoms with Crippen molar-refractivity contribution in [3.63, 3.8) is 0 Å². The van der Waals surface area contributed by atoms with Crippen LogP contribution in [-0.4, -0.2) is 11.9 Å². The highest BCUT2D eigenvalue weighted by atomic mass is 16.5. The first-order valence-electron chi connectivity index (χ1n) is 6.13. The van der Waals surface area contributed by atoms with Crippen LogP contribution in [0.1, 0.15) is 11.1 Å². The smallest absolute Gasteiger partial charge is 0.345 e. The van der Waals surface area contributed by atoms with Gasteiger partial charge in [-0.25, -0.2) is 9.59 Å². The van der Waals surface area contributed by atoms with Crippen LogP contribution in [0.25, 0.3) is 11.1 Å². The number of ether oxygens (including phenoxy) is 2. The third kappa shape index (κ3) is 1.36. The highest BCUT2D eigenvalue weighted by Gasteiger charge is 2.37. The first kappa shape index (κ1) is 11.0. The highest BCUT2D eigenvalue weighted by Crippen LogP contribution is 2.43. The summed E-state index contributed by atoms with van der Waals surface area (Å²) in [6, 6.07) is 14.1. The Labute approximate surface area is 114 Å². The van der Waals surface area contributed by atoms with Gasteiger partial charge in [0.2, 0.25) is 0 Å². The number of para-hydroxylation sites is 2. The van der Waals surface area contributed by atoms with Gasteiger partial charge in [-0.1, -0.05) is 36.4 Å². The quantitative estimate of drug-likeness (QED) is 0.416. The van der Waals surface area contributed by atoms with E-state index in [1.807, 2.05) is 0 Å². The first-order chi connectivity index (χ1) is 9.75. The van der Waals surface area contributed by atoms with E-state index in [-0.39, 0.29) is 11.1 Å². The third-order valence-corrected chi connectivity index (χ3v) is 3.38. The molecular weight excluding hydrogens is 256 g/mol. The van der Waals surface area contributed by atoms with Gasteiger partial charge in [-0.05, 0) is 12.1 Å². The van der Waals surface area contributed by atoms with E-state index in [1.54, 1.807) is 48.5 Å². The zero-order valence-corrected chi connectivity index (χ0v) is 10.3. The van der Waals surface area contributed by atoms with E-state index in [0.717, 1.165) is 0 Å². The summed E-state index contributed by atoms with van der Waals surface area (Å²) in [5.41, 5.74) is 1.80. The van der Waals surface area contributed by atoms with E-state index in [1.165, 1.54) is 0 Å². The summed E-state index contributed by atoms with van der Waals surface area (Å²) in [7, 11) is 0. The van der Waals surface area contributed by atoms with E-state index >= 15 is 0 Å². The molecule has 96 valence electrons. The second kappa shape index (κ2) is 3.81. The number of carbonyl (C=O) groups excluding carboxylic acids is 2. The lowest BCUT2D eigenvalue weighted by atomic mass is 9.96. The lowest BCUT2D eigenvalue weighted by Gasteiger charge is -1.99. The van der Waals surface area contributed by atoms with Crippen LogP contribution in [0, 0.1) is 0 Å². The zero-order valence-electron chi connectivity index (χ0n) is 10.3. The second-order valence-corrected chi connectivity index (χ2v) is 4.52. The first-order valence-corrected chi connectivity index (χ1v) is 6.13. The number of fused-ring (bicyclic) bond motifs is 2. The predicted molar refractivity (Wildman–Crippen MR) is 71.0 cm³/mol. The third-order valence-electron chi connectivity index (χ3n) is 3.38. The van der Waals surface area contributed by atoms with Crippen molar-refractivity contribution in [1.29, 1.82) is 0 Å². The Balaban J connectivity index is 2.05. The number of hydrogen-bond donors (Lipinski definition) is 0. The van der Waals surface area contributed by atoms with Crippen LogP contribution in [0.5, 0.6) is 11.5 Å². The van der Waals surface area contributed by atoms with Gasteiger partial charge in [0.15, 0.2) is 0 Å². The number of esters is 2.